The Labute approximate surface area is 135 Å². The number of aryl methyl sites for hydroxylation is 1. The molecule has 1 atom stereocenters. The van der Waals surface area contributed by atoms with Gasteiger partial charge in [0, 0.05) is 6.54 Å². The van der Waals surface area contributed by atoms with Crippen LogP contribution in [0.2, 0.25) is 0 Å². The maximum Gasteiger partial charge on any atom is 0.418 e. The third-order valence-electron chi connectivity index (χ3n) is 3.74. The summed E-state index contributed by atoms with van der Waals surface area (Å²) in [7, 11) is 0. The number of aromatic amines is 1. The first-order valence-electron chi connectivity index (χ1n) is 7.25. The summed E-state index contributed by atoms with van der Waals surface area (Å²) in [4.78, 5) is 5.73. The van der Waals surface area contributed by atoms with Crippen molar-refractivity contribution in [1.29, 1.82) is 5.26 Å². The van der Waals surface area contributed by atoms with Gasteiger partial charge in [-0.15, -0.1) is 0 Å². The summed E-state index contributed by atoms with van der Waals surface area (Å²) in [6.45, 7) is 2.44. The molecule has 1 aliphatic heterocycles. The SMILES string of the molecule is Cc1nc([C@H]2CN(c3cc(C#N)ccc3C(F)(F)F)CCO2)n[nH]1. The molecule has 1 N–H and O–H groups in total. The van der Waals surface area contributed by atoms with Crippen LogP contribution in [0.15, 0.2) is 18.2 Å². The Balaban J connectivity index is 1.94. The standard InChI is InChI=1S/C15H14F3N5O/c1-9-20-14(22-21-9)13-8-23(4-5-24-13)12-6-10(7-19)2-3-11(12)15(16,17)18/h2-3,6,13H,4-5,8H2,1H3,(H,20,21,22)/t13-/m1/s1. The van der Waals surface area contributed by atoms with Crippen LogP contribution in [0.25, 0.3) is 0 Å². The van der Waals surface area contributed by atoms with E-state index in [0.717, 1.165) is 6.07 Å². The molecule has 0 spiro atoms. The van der Waals surface area contributed by atoms with Gasteiger partial charge in [-0.3, -0.25) is 5.10 Å². The third kappa shape index (κ3) is 3.19. The molecule has 0 amide bonds. The van der Waals surface area contributed by atoms with Crippen molar-refractivity contribution in [3.63, 3.8) is 0 Å². The number of nitriles is 1. The molecule has 9 heteroatoms. The van der Waals surface area contributed by atoms with E-state index in [0.29, 0.717) is 11.6 Å². The van der Waals surface area contributed by atoms with E-state index in [1.54, 1.807) is 11.8 Å². The number of aromatic nitrogens is 3. The van der Waals surface area contributed by atoms with Crippen molar-refractivity contribution in [3.05, 3.63) is 41.0 Å². The number of nitrogens with one attached hydrogen (secondary N) is 1. The van der Waals surface area contributed by atoms with E-state index >= 15 is 0 Å². The van der Waals surface area contributed by atoms with E-state index in [-0.39, 0.29) is 30.9 Å². The Morgan fingerprint density at radius 3 is 2.83 bits per heavy atom. The number of H-pyrrole nitrogens is 1. The van der Waals surface area contributed by atoms with E-state index in [2.05, 4.69) is 15.2 Å². The lowest BCUT2D eigenvalue weighted by Crippen LogP contribution is -2.39. The van der Waals surface area contributed by atoms with Crippen LogP contribution in [0.5, 0.6) is 0 Å². The van der Waals surface area contributed by atoms with Crippen molar-refractivity contribution in [2.75, 3.05) is 24.6 Å². The maximum atomic E-state index is 13.3. The highest BCUT2D eigenvalue weighted by Crippen LogP contribution is 2.38. The molecule has 6 nitrogen and oxygen atoms in total. The molecule has 3 rings (SSSR count). The van der Waals surface area contributed by atoms with Crippen molar-refractivity contribution in [1.82, 2.24) is 15.2 Å². The fraction of sp³-hybridized carbons (Fsp3) is 0.400. The lowest BCUT2D eigenvalue weighted by Gasteiger charge is -2.34. The summed E-state index contributed by atoms with van der Waals surface area (Å²) in [5, 5.41) is 15.7. The summed E-state index contributed by atoms with van der Waals surface area (Å²) in [5.41, 5.74) is -0.620. The van der Waals surface area contributed by atoms with Gasteiger partial charge in [0.05, 0.1) is 36.0 Å². The molecule has 1 aromatic carbocycles. The van der Waals surface area contributed by atoms with Crippen LogP contribution in [0.4, 0.5) is 18.9 Å². The van der Waals surface area contributed by atoms with Gasteiger partial charge in [0.25, 0.3) is 0 Å². The maximum absolute atomic E-state index is 13.3. The Bertz CT molecular complexity index is 780. The second-order valence-corrected chi connectivity index (χ2v) is 5.43. The number of anilines is 1. The third-order valence-corrected chi connectivity index (χ3v) is 3.74. The van der Waals surface area contributed by atoms with Gasteiger partial charge in [-0.1, -0.05) is 0 Å². The Hall–Kier alpha value is -2.60. The molecular formula is C15H14F3N5O. The first kappa shape index (κ1) is 16.3. The number of benzene rings is 1. The summed E-state index contributed by atoms with van der Waals surface area (Å²) in [6, 6.07) is 5.24. The van der Waals surface area contributed by atoms with E-state index in [1.165, 1.54) is 12.1 Å². The second-order valence-electron chi connectivity index (χ2n) is 5.43. The van der Waals surface area contributed by atoms with Crippen LogP contribution in [-0.4, -0.2) is 34.9 Å². The molecule has 1 aromatic heterocycles. The van der Waals surface area contributed by atoms with Gasteiger partial charge in [-0.05, 0) is 25.1 Å². The minimum atomic E-state index is -4.50. The van der Waals surface area contributed by atoms with Gasteiger partial charge in [-0.2, -0.15) is 23.5 Å². The molecule has 0 bridgehead atoms. The zero-order valence-electron chi connectivity index (χ0n) is 12.8. The first-order valence-corrected chi connectivity index (χ1v) is 7.25. The van der Waals surface area contributed by atoms with Crippen LogP contribution in [-0.2, 0) is 10.9 Å². The van der Waals surface area contributed by atoms with E-state index in [1.807, 2.05) is 6.07 Å². The van der Waals surface area contributed by atoms with Gasteiger partial charge in [0.1, 0.15) is 11.9 Å². The average Bonchev–Trinajstić information content (AvgIpc) is 3.00. The van der Waals surface area contributed by atoms with E-state index in [4.69, 9.17) is 10.00 Å². The second kappa shape index (κ2) is 6.13. The van der Waals surface area contributed by atoms with Crippen LogP contribution in [0.1, 0.15) is 28.9 Å². The molecule has 2 aromatic rings. The van der Waals surface area contributed by atoms with Gasteiger partial charge < -0.3 is 9.64 Å². The fourth-order valence-electron chi connectivity index (χ4n) is 2.63. The number of hydrogen-bond acceptors (Lipinski definition) is 5. The van der Waals surface area contributed by atoms with Crippen molar-refractivity contribution in [3.8, 4) is 6.07 Å². The quantitative estimate of drug-likeness (QED) is 0.911. The molecule has 0 aliphatic carbocycles. The molecule has 0 radical (unpaired) electrons. The minimum absolute atomic E-state index is 0.0258. The number of hydrogen-bond donors (Lipinski definition) is 1. The van der Waals surface area contributed by atoms with Crippen LogP contribution >= 0.6 is 0 Å². The van der Waals surface area contributed by atoms with Gasteiger partial charge in [0.2, 0.25) is 0 Å². The van der Waals surface area contributed by atoms with Crippen molar-refractivity contribution < 1.29 is 17.9 Å². The van der Waals surface area contributed by atoms with Crippen LogP contribution in [0, 0.1) is 18.3 Å². The number of halogens is 3. The molecule has 1 saturated heterocycles. The van der Waals surface area contributed by atoms with Gasteiger partial charge in [-0.25, -0.2) is 4.98 Å². The summed E-state index contributed by atoms with van der Waals surface area (Å²) in [5.74, 6) is 1.01. The van der Waals surface area contributed by atoms with Crippen molar-refractivity contribution in [2.45, 2.75) is 19.2 Å². The lowest BCUT2D eigenvalue weighted by atomic mass is 10.1. The summed E-state index contributed by atoms with van der Waals surface area (Å²) >= 11 is 0. The minimum Gasteiger partial charge on any atom is -0.366 e. The fourth-order valence-corrected chi connectivity index (χ4v) is 2.63. The number of alkyl halides is 3. The molecule has 1 fully saturated rings. The number of morpholine rings is 1. The highest BCUT2D eigenvalue weighted by Gasteiger charge is 2.36. The lowest BCUT2D eigenvalue weighted by molar-refractivity contribution is -0.137. The molecule has 0 saturated carbocycles. The first-order chi connectivity index (χ1) is 11.4. The van der Waals surface area contributed by atoms with E-state index < -0.39 is 17.8 Å². The average molecular weight is 337 g/mol. The highest BCUT2D eigenvalue weighted by molar-refractivity contribution is 5.59. The summed E-state index contributed by atoms with van der Waals surface area (Å²) < 4.78 is 45.5. The normalized spacial score (nSPS) is 18.5. The zero-order chi connectivity index (χ0) is 17.3. The Morgan fingerprint density at radius 2 is 2.21 bits per heavy atom. The predicted molar refractivity (Wildman–Crippen MR) is 78.2 cm³/mol. The number of rotatable bonds is 2. The predicted octanol–water partition coefficient (Wildman–Crippen LogP) is 2.58. The molecular weight excluding hydrogens is 323 g/mol. The monoisotopic (exact) mass is 337 g/mol. The van der Waals surface area contributed by atoms with Gasteiger partial charge >= 0.3 is 6.18 Å². The number of ether oxygens (including phenoxy) is 1. The van der Waals surface area contributed by atoms with Crippen LogP contribution < -0.4 is 4.90 Å². The van der Waals surface area contributed by atoms with E-state index in [9.17, 15) is 13.2 Å². The smallest absolute Gasteiger partial charge is 0.366 e. The zero-order valence-corrected chi connectivity index (χ0v) is 12.8. The Morgan fingerprint density at radius 1 is 1.42 bits per heavy atom. The van der Waals surface area contributed by atoms with Crippen molar-refractivity contribution >= 4 is 5.69 Å². The molecule has 1 aliphatic rings. The largest absolute Gasteiger partial charge is 0.418 e. The van der Waals surface area contributed by atoms with Crippen LogP contribution in [0.3, 0.4) is 0 Å². The highest BCUT2D eigenvalue weighted by atomic mass is 19.4. The topological polar surface area (TPSA) is 77.8 Å². The molecule has 126 valence electrons. The molecule has 2 heterocycles. The van der Waals surface area contributed by atoms with Crippen molar-refractivity contribution in [2.24, 2.45) is 0 Å². The molecule has 24 heavy (non-hydrogen) atoms. The molecule has 0 unspecified atom stereocenters. The Kier molecular flexibility index (Phi) is 4.15. The van der Waals surface area contributed by atoms with Gasteiger partial charge in [0.15, 0.2) is 5.82 Å². The summed E-state index contributed by atoms with van der Waals surface area (Å²) in [6.07, 6.45) is -5.03. The number of nitrogens with zero attached hydrogens (tertiary/aromatic N) is 4.